The fourth-order valence-electron chi connectivity index (χ4n) is 11.6. The monoisotopic (exact) mass is 957 g/mol. The molecule has 0 amide bonds. The molecular formula is C65H112O4. The second kappa shape index (κ2) is 29.6. The lowest BCUT2D eigenvalue weighted by Crippen LogP contribution is -2.25. The van der Waals surface area contributed by atoms with Crippen LogP contribution in [-0.4, -0.2) is 38.6 Å². The van der Waals surface area contributed by atoms with Gasteiger partial charge in [0.1, 0.15) is 11.5 Å². The maximum absolute atomic E-state index is 7.28. The van der Waals surface area contributed by atoms with Crippen molar-refractivity contribution in [2.24, 2.45) is 11.8 Å². The van der Waals surface area contributed by atoms with Crippen LogP contribution in [0.2, 0.25) is 0 Å². The molecule has 4 atom stereocenters. The van der Waals surface area contributed by atoms with E-state index in [-0.39, 0.29) is 21.7 Å². The van der Waals surface area contributed by atoms with Crippen molar-refractivity contribution in [1.29, 1.82) is 0 Å². The third-order valence-electron chi connectivity index (χ3n) is 16.8. The molecule has 2 aromatic rings. The highest BCUT2D eigenvalue weighted by Gasteiger charge is 2.36. The summed E-state index contributed by atoms with van der Waals surface area (Å²) in [6.07, 6.45) is 33.7. The highest BCUT2D eigenvalue weighted by molar-refractivity contribution is 5.55. The molecule has 0 bridgehead atoms. The van der Waals surface area contributed by atoms with Crippen molar-refractivity contribution in [2.45, 2.75) is 304 Å². The van der Waals surface area contributed by atoms with Crippen LogP contribution < -0.4 is 9.47 Å². The van der Waals surface area contributed by atoms with Gasteiger partial charge in [0.2, 0.25) is 0 Å². The molecule has 0 N–H and O–H groups in total. The summed E-state index contributed by atoms with van der Waals surface area (Å²) in [4.78, 5) is 0. The lowest BCUT2D eigenvalue weighted by atomic mass is 9.71. The molecule has 2 aliphatic rings. The molecule has 4 rings (SSSR count). The van der Waals surface area contributed by atoms with E-state index in [0.29, 0.717) is 24.0 Å². The van der Waals surface area contributed by atoms with Gasteiger partial charge >= 0.3 is 0 Å². The lowest BCUT2D eigenvalue weighted by Gasteiger charge is -2.35. The number of epoxide rings is 2. The first-order chi connectivity index (χ1) is 33.0. The highest BCUT2D eigenvalue weighted by atomic mass is 16.6. The lowest BCUT2D eigenvalue weighted by molar-refractivity contribution is 0.248. The quantitative estimate of drug-likeness (QED) is 0.0493. The van der Waals surface area contributed by atoms with Gasteiger partial charge in [0.15, 0.2) is 0 Å². The first kappa shape index (κ1) is 59.5. The molecule has 0 saturated carbocycles. The summed E-state index contributed by atoms with van der Waals surface area (Å²) in [6.45, 7) is 37.5. The molecule has 69 heavy (non-hydrogen) atoms. The molecule has 2 aliphatic heterocycles. The first-order valence-electron chi connectivity index (χ1n) is 29.8. The van der Waals surface area contributed by atoms with E-state index in [0.717, 1.165) is 45.7 Å². The van der Waals surface area contributed by atoms with Crippen LogP contribution in [0.1, 0.15) is 297 Å². The van der Waals surface area contributed by atoms with E-state index in [4.69, 9.17) is 18.9 Å². The Morgan fingerprint density at radius 3 is 0.913 bits per heavy atom. The van der Waals surface area contributed by atoms with Crippen LogP contribution >= 0.6 is 0 Å². The third-order valence-corrected chi connectivity index (χ3v) is 16.8. The van der Waals surface area contributed by atoms with Gasteiger partial charge in [-0.2, -0.15) is 0 Å². The van der Waals surface area contributed by atoms with Crippen LogP contribution in [0.3, 0.4) is 0 Å². The van der Waals surface area contributed by atoms with Crippen molar-refractivity contribution in [1.82, 2.24) is 0 Å². The summed E-state index contributed by atoms with van der Waals surface area (Å²) >= 11 is 0. The maximum Gasteiger partial charge on any atom is 0.126 e. The van der Waals surface area contributed by atoms with E-state index in [9.17, 15) is 0 Å². The molecule has 0 spiro atoms. The van der Waals surface area contributed by atoms with Crippen LogP contribution in [0.4, 0.5) is 0 Å². The molecule has 2 heterocycles. The molecule has 4 unspecified atom stereocenters. The molecule has 0 aliphatic carbocycles. The van der Waals surface area contributed by atoms with Gasteiger partial charge in [-0.1, -0.05) is 224 Å². The van der Waals surface area contributed by atoms with Crippen molar-refractivity contribution in [3.05, 3.63) is 57.6 Å². The average molecular weight is 958 g/mol. The largest absolute Gasteiger partial charge is 0.493 e. The first-order valence-corrected chi connectivity index (χ1v) is 29.8. The minimum atomic E-state index is -0.0159. The summed E-state index contributed by atoms with van der Waals surface area (Å²) in [6, 6.07) is 10.4. The van der Waals surface area contributed by atoms with E-state index >= 15 is 0 Å². The summed E-state index contributed by atoms with van der Waals surface area (Å²) < 4.78 is 26.3. The van der Waals surface area contributed by atoms with Gasteiger partial charge < -0.3 is 18.9 Å². The Balaban J connectivity index is 1.87. The highest BCUT2D eigenvalue weighted by Crippen LogP contribution is 2.48. The molecule has 2 fully saturated rings. The average Bonchev–Trinajstić information content (AvgIpc) is 4.25. The van der Waals surface area contributed by atoms with E-state index in [1.54, 1.807) is 0 Å². The summed E-state index contributed by atoms with van der Waals surface area (Å²) in [5.74, 6) is 3.71. The van der Waals surface area contributed by atoms with Gasteiger partial charge in [-0.25, -0.2) is 0 Å². The maximum atomic E-state index is 7.28. The molecule has 2 saturated heterocycles. The van der Waals surface area contributed by atoms with Crippen LogP contribution in [0.25, 0.3) is 0 Å². The summed E-state index contributed by atoms with van der Waals surface area (Å²) in [7, 11) is 0. The Hall–Kier alpha value is -2.04. The van der Waals surface area contributed by atoms with E-state index in [2.05, 4.69) is 121 Å². The molecule has 0 aromatic heterocycles. The second-order valence-electron chi connectivity index (χ2n) is 25.1. The minimum absolute atomic E-state index is 0.0159. The fourth-order valence-corrected chi connectivity index (χ4v) is 11.6. The zero-order valence-electron chi connectivity index (χ0n) is 48.2. The predicted molar refractivity (Wildman–Crippen MR) is 299 cm³/mol. The normalized spacial score (nSPS) is 17.3. The summed E-state index contributed by atoms with van der Waals surface area (Å²) in [5.41, 5.74) is 8.51. The van der Waals surface area contributed by atoms with Gasteiger partial charge in [-0.15, -0.1) is 0 Å². The standard InChI is InChI=1S/C65H112O4/c1-15-21-27-37-62(7,8)54-44-50(45-55(63(9,10)38-28-22-16-2)60(54)66-41-31-35-52(33-25-19-5)58-48-68-58)43-51-46-56(64(11,12)39-29-23-17-3)61(57(47-51)65(13,14)40-30-24-18-4)67-42-32-36-53(34-26-20-6)59-49-69-59/h44-47,52-53,58-59H,15-43,48-49H2,1-14H3. The molecule has 0 radical (unpaired) electrons. The van der Waals surface area contributed by atoms with Crippen molar-refractivity contribution >= 4 is 0 Å². The zero-order chi connectivity index (χ0) is 50.5. The number of hydrogen-bond donors (Lipinski definition) is 0. The van der Waals surface area contributed by atoms with Gasteiger partial charge in [0, 0.05) is 22.3 Å². The predicted octanol–water partition coefficient (Wildman–Crippen LogP) is 19.4. The molecular weight excluding hydrogens is 845 g/mol. The van der Waals surface area contributed by atoms with Crippen LogP contribution in [0, 0.1) is 11.8 Å². The van der Waals surface area contributed by atoms with Crippen LogP contribution in [0.5, 0.6) is 11.5 Å². The number of ether oxygens (including phenoxy) is 4. The fraction of sp³-hybridized carbons (Fsp3) is 0.815. The number of benzene rings is 2. The van der Waals surface area contributed by atoms with E-state index in [1.807, 2.05) is 0 Å². The number of rotatable bonds is 40. The number of unbranched alkanes of at least 4 members (excludes halogenated alkanes) is 10. The van der Waals surface area contributed by atoms with Gasteiger partial charge in [-0.3, -0.25) is 0 Å². The Morgan fingerprint density at radius 1 is 0.406 bits per heavy atom. The van der Waals surface area contributed by atoms with Gasteiger partial charge in [0.05, 0.1) is 38.6 Å². The second-order valence-corrected chi connectivity index (χ2v) is 25.1. The third kappa shape index (κ3) is 19.4. The van der Waals surface area contributed by atoms with Crippen LogP contribution in [-0.2, 0) is 37.6 Å². The molecule has 4 nitrogen and oxygen atoms in total. The van der Waals surface area contributed by atoms with Crippen molar-refractivity contribution in [3.8, 4) is 11.5 Å². The van der Waals surface area contributed by atoms with E-state index in [1.165, 1.54) is 199 Å². The Kier molecular flexibility index (Phi) is 25.5. The zero-order valence-corrected chi connectivity index (χ0v) is 48.2. The van der Waals surface area contributed by atoms with E-state index < -0.39 is 0 Å². The van der Waals surface area contributed by atoms with Gasteiger partial charge in [-0.05, 0) is 115 Å². The molecule has 4 heteroatoms. The topological polar surface area (TPSA) is 43.5 Å². The van der Waals surface area contributed by atoms with Gasteiger partial charge in [0.25, 0.3) is 0 Å². The van der Waals surface area contributed by atoms with Crippen LogP contribution in [0.15, 0.2) is 24.3 Å². The van der Waals surface area contributed by atoms with Crippen molar-refractivity contribution in [2.75, 3.05) is 26.4 Å². The molecule has 396 valence electrons. The van der Waals surface area contributed by atoms with Crippen molar-refractivity contribution in [3.63, 3.8) is 0 Å². The smallest absolute Gasteiger partial charge is 0.126 e. The number of hydrogen-bond acceptors (Lipinski definition) is 4. The Morgan fingerprint density at radius 2 is 0.667 bits per heavy atom. The summed E-state index contributed by atoms with van der Waals surface area (Å²) in [5, 5.41) is 0. The minimum Gasteiger partial charge on any atom is -0.493 e. The van der Waals surface area contributed by atoms with Crippen molar-refractivity contribution < 1.29 is 18.9 Å². The SMILES string of the molecule is CCCCCC(C)(C)c1cc(Cc2cc(C(C)(C)CCCCC)c(OCCCC(CCCC)C3CO3)c(C(C)(C)CCCCC)c2)cc(C(C)(C)CCCCC)c1OCCCC(CCCC)C1CO1. The molecule has 2 aromatic carbocycles. The Labute approximate surface area is 428 Å². The Bertz CT molecular complexity index is 1510.